The van der Waals surface area contributed by atoms with Crippen molar-refractivity contribution in [2.45, 2.75) is 20.0 Å². The number of ether oxygens (including phenoxy) is 1. The maximum atomic E-state index is 9.01. The van der Waals surface area contributed by atoms with Gasteiger partial charge in [-0.15, -0.1) is 0 Å². The molecule has 0 saturated heterocycles. The molecule has 0 spiro atoms. The fourth-order valence-electron chi connectivity index (χ4n) is 1.00. The second-order valence-electron chi connectivity index (χ2n) is 2.74. The summed E-state index contributed by atoms with van der Waals surface area (Å²) in [6.07, 6.45) is 0.999. The zero-order chi connectivity index (χ0) is 9.68. The minimum Gasteiger partial charge on any atom is -0.492 e. The van der Waals surface area contributed by atoms with E-state index >= 15 is 0 Å². The Kier molecular flexibility index (Phi) is 4.52. The van der Waals surface area contributed by atoms with Crippen LogP contribution in [0.15, 0.2) is 18.2 Å². The molecule has 13 heavy (non-hydrogen) atoms. The molecule has 0 atom stereocenters. The van der Waals surface area contributed by atoms with E-state index in [0.29, 0.717) is 0 Å². The molecule has 1 rings (SSSR count). The average Bonchev–Trinajstić information content (AvgIpc) is 2.16. The minimum absolute atomic E-state index is 0.0710. The molecule has 0 aromatic heterocycles. The van der Waals surface area contributed by atoms with E-state index in [-0.39, 0.29) is 6.61 Å². The first-order valence-corrected chi connectivity index (χ1v) is 5.38. The lowest BCUT2D eigenvalue weighted by molar-refractivity contribution is 0.277. The van der Waals surface area contributed by atoms with E-state index in [1.54, 1.807) is 0 Å². The van der Waals surface area contributed by atoms with Crippen LogP contribution in [-0.4, -0.2) is 11.7 Å². The van der Waals surface area contributed by atoms with Gasteiger partial charge < -0.3 is 9.84 Å². The van der Waals surface area contributed by atoms with Gasteiger partial charge in [0.2, 0.25) is 0 Å². The molecule has 0 heterocycles. The zero-order valence-corrected chi connectivity index (χ0v) is 9.74. The molecular formula is C10H13IO2. The van der Waals surface area contributed by atoms with Gasteiger partial charge in [-0.05, 0) is 40.6 Å². The number of halogens is 1. The van der Waals surface area contributed by atoms with E-state index in [4.69, 9.17) is 9.84 Å². The highest BCUT2D eigenvalue weighted by Crippen LogP contribution is 2.24. The summed E-state index contributed by atoms with van der Waals surface area (Å²) in [4.78, 5) is 0. The summed E-state index contributed by atoms with van der Waals surface area (Å²) in [6, 6.07) is 5.73. The average molecular weight is 292 g/mol. The minimum atomic E-state index is 0.0710. The molecule has 1 N–H and O–H groups in total. The first kappa shape index (κ1) is 10.8. The molecule has 0 aliphatic carbocycles. The summed E-state index contributed by atoms with van der Waals surface area (Å²) < 4.78 is 6.52. The number of aliphatic hydroxyl groups is 1. The van der Waals surface area contributed by atoms with Crippen LogP contribution in [0.1, 0.15) is 18.9 Å². The first-order valence-electron chi connectivity index (χ1n) is 4.30. The van der Waals surface area contributed by atoms with Crippen molar-refractivity contribution < 1.29 is 9.84 Å². The van der Waals surface area contributed by atoms with Crippen LogP contribution in [-0.2, 0) is 6.61 Å². The third-order valence-electron chi connectivity index (χ3n) is 1.68. The summed E-state index contributed by atoms with van der Waals surface area (Å²) in [5.74, 6) is 0.869. The molecule has 0 saturated carbocycles. The molecule has 0 aliphatic heterocycles. The molecule has 3 heteroatoms. The Balaban J connectivity index is 2.81. The molecule has 0 fully saturated rings. The molecule has 1 aromatic carbocycles. The third-order valence-corrected chi connectivity index (χ3v) is 2.90. The normalized spacial score (nSPS) is 10.1. The standard InChI is InChI=1S/C10H13IO2/c1-2-6-13-9-5-3-4-8(7-12)10(9)11/h3-5,12H,2,6-7H2,1H3. The molecule has 1 aromatic rings. The smallest absolute Gasteiger partial charge is 0.132 e. The number of aliphatic hydroxyl groups excluding tert-OH is 1. The van der Waals surface area contributed by atoms with Crippen molar-refractivity contribution in [3.8, 4) is 5.75 Å². The Morgan fingerprint density at radius 1 is 1.46 bits per heavy atom. The Morgan fingerprint density at radius 3 is 2.85 bits per heavy atom. The predicted octanol–water partition coefficient (Wildman–Crippen LogP) is 2.57. The number of hydrogen-bond donors (Lipinski definition) is 1. The summed E-state index contributed by atoms with van der Waals surface area (Å²) >= 11 is 2.20. The van der Waals surface area contributed by atoms with Gasteiger partial charge in [-0.3, -0.25) is 0 Å². The van der Waals surface area contributed by atoms with Crippen LogP contribution < -0.4 is 4.74 Å². The number of hydrogen-bond acceptors (Lipinski definition) is 2. The van der Waals surface area contributed by atoms with Crippen LogP contribution >= 0.6 is 22.6 Å². The van der Waals surface area contributed by atoms with Gasteiger partial charge >= 0.3 is 0 Å². The van der Waals surface area contributed by atoms with Crippen molar-refractivity contribution >= 4 is 22.6 Å². The van der Waals surface area contributed by atoms with Crippen molar-refractivity contribution in [2.75, 3.05) is 6.61 Å². The molecule has 2 nitrogen and oxygen atoms in total. The van der Waals surface area contributed by atoms with Crippen molar-refractivity contribution in [1.29, 1.82) is 0 Å². The van der Waals surface area contributed by atoms with Gasteiger partial charge in [0.25, 0.3) is 0 Å². The van der Waals surface area contributed by atoms with Gasteiger partial charge in [-0.25, -0.2) is 0 Å². The predicted molar refractivity (Wildman–Crippen MR) is 60.9 cm³/mol. The molecule has 0 amide bonds. The Bertz CT molecular complexity index is 274. The molecular weight excluding hydrogens is 279 g/mol. The first-order chi connectivity index (χ1) is 6.29. The monoisotopic (exact) mass is 292 g/mol. The van der Waals surface area contributed by atoms with Crippen LogP contribution in [0, 0.1) is 3.57 Å². The second-order valence-corrected chi connectivity index (χ2v) is 3.81. The van der Waals surface area contributed by atoms with Gasteiger partial charge in [0.05, 0.1) is 16.8 Å². The number of rotatable bonds is 4. The maximum Gasteiger partial charge on any atom is 0.132 e. The van der Waals surface area contributed by atoms with E-state index in [9.17, 15) is 0 Å². The van der Waals surface area contributed by atoms with E-state index in [1.807, 2.05) is 18.2 Å². The lowest BCUT2D eigenvalue weighted by Gasteiger charge is -2.09. The highest BCUT2D eigenvalue weighted by Gasteiger charge is 2.04. The van der Waals surface area contributed by atoms with Gasteiger partial charge in [-0.2, -0.15) is 0 Å². The molecule has 72 valence electrons. The fourth-order valence-corrected chi connectivity index (χ4v) is 1.69. The van der Waals surface area contributed by atoms with Crippen LogP contribution in [0.2, 0.25) is 0 Å². The van der Waals surface area contributed by atoms with Gasteiger partial charge in [0, 0.05) is 0 Å². The highest BCUT2D eigenvalue weighted by molar-refractivity contribution is 14.1. The highest BCUT2D eigenvalue weighted by atomic mass is 127. The largest absolute Gasteiger partial charge is 0.492 e. The fraction of sp³-hybridized carbons (Fsp3) is 0.400. The van der Waals surface area contributed by atoms with E-state index in [0.717, 1.165) is 27.9 Å². The molecule has 0 aliphatic rings. The summed E-state index contributed by atoms with van der Waals surface area (Å²) in [5, 5.41) is 9.01. The van der Waals surface area contributed by atoms with Gasteiger partial charge in [0.1, 0.15) is 5.75 Å². The van der Waals surface area contributed by atoms with Crippen molar-refractivity contribution in [1.82, 2.24) is 0 Å². The van der Waals surface area contributed by atoms with E-state index in [2.05, 4.69) is 29.5 Å². The summed E-state index contributed by atoms with van der Waals surface area (Å²) in [5.41, 5.74) is 0.925. The Labute approximate surface area is 92.1 Å². The zero-order valence-electron chi connectivity index (χ0n) is 7.59. The Morgan fingerprint density at radius 2 is 2.23 bits per heavy atom. The molecule has 0 radical (unpaired) electrons. The van der Waals surface area contributed by atoms with Crippen molar-refractivity contribution in [3.05, 3.63) is 27.3 Å². The lowest BCUT2D eigenvalue weighted by atomic mass is 10.2. The van der Waals surface area contributed by atoms with Gasteiger partial charge in [-0.1, -0.05) is 19.1 Å². The lowest BCUT2D eigenvalue weighted by Crippen LogP contribution is -1.99. The quantitative estimate of drug-likeness (QED) is 0.864. The molecule has 0 unspecified atom stereocenters. The number of benzene rings is 1. The Hall–Kier alpha value is -0.290. The van der Waals surface area contributed by atoms with Gasteiger partial charge in [0.15, 0.2) is 0 Å². The van der Waals surface area contributed by atoms with Crippen LogP contribution in [0.25, 0.3) is 0 Å². The van der Waals surface area contributed by atoms with E-state index in [1.165, 1.54) is 0 Å². The third kappa shape index (κ3) is 2.84. The van der Waals surface area contributed by atoms with Crippen LogP contribution in [0.3, 0.4) is 0 Å². The summed E-state index contributed by atoms with van der Waals surface area (Å²) in [6.45, 7) is 2.87. The second kappa shape index (κ2) is 5.44. The topological polar surface area (TPSA) is 29.5 Å². The SMILES string of the molecule is CCCOc1cccc(CO)c1I. The summed E-state index contributed by atoms with van der Waals surface area (Å²) in [7, 11) is 0. The molecule has 0 bridgehead atoms. The van der Waals surface area contributed by atoms with Crippen LogP contribution in [0.5, 0.6) is 5.75 Å². The van der Waals surface area contributed by atoms with Crippen molar-refractivity contribution in [2.24, 2.45) is 0 Å². The van der Waals surface area contributed by atoms with E-state index < -0.39 is 0 Å². The maximum absolute atomic E-state index is 9.01. The van der Waals surface area contributed by atoms with Crippen LogP contribution in [0.4, 0.5) is 0 Å². The van der Waals surface area contributed by atoms with Crippen molar-refractivity contribution in [3.63, 3.8) is 0 Å².